The Hall–Kier alpha value is -0.570. The standard InChI is InChI=1S/C17H28O3/c1-11-5-6-15-14(11)9-13-7-8-16(15,3)20-17(13,4)10-19-12(2)18/h11,13-15H,5-10H2,1-4H3/t11-,13-,14-,15-,16+,17-/m1/s1. The monoisotopic (exact) mass is 280 g/mol. The van der Waals surface area contributed by atoms with E-state index in [-0.39, 0.29) is 17.2 Å². The van der Waals surface area contributed by atoms with Gasteiger partial charge in [-0.3, -0.25) is 4.79 Å². The molecule has 0 amide bonds. The van der Waals surface area contributed by atoms with E-state index in [4.69, 9.17) is 9.47 Å². The minimum atomic E-state index is -0.289. The molecule has 0 aromatic heterocycles. The molecule has 2 saturated carbocycles. The second-order valence-corrected chi connectivity index (χ2v) is 7.80. The van der Waals surface area contributed by atoms with Gasteiger partial charge in [0, 0.05) is 6.92 Å². The highest BCUT2D eigenvalue weighted by molar-refractivity contribution is 5.65. The molecule has 0 spiro atoms. The molecule has 4 fully saturated rings. The number of fused-ring (bicyclic) bond motifs is 2. The lowest BCUT2D eigenvalue weighted by molar-refractivity contribution is -0.226. The maximum Gasteiger partial charge on any atom is 0.302 e. The molecule has 0 N–H and O–H groups in total. The normalized spacial score (nSPS) is 50.6. The Labute approximate surface area is 122 Å². The quantitative estimate of drug-likeness (QED) is 0.726. The number of rotatable bonds is 2. The van der Waals surface area contributed by atoms with Crippen LogP contribution in [0.5, 0.6) is 0 Å². The minimum Gasteiger partial charge on any atom is -0.463 e. The van der Waals surface area contributed by atoms with E-state index in [1.807, 2.05) is 0 Å². The van der Waals surface area contributed by atoms with Crippen LogP contribution in [0.15, 0.2) is 0 Å². The molecule has 3 heteroatoms. The predicted octanol–water partition coefficient (Wildman–Crippen LogP) is 3.56. The molecular weight excluding hydrogens is 252 g/mol. The average molecular weight is 280 g/mol. The van der Waals surface area contributed by atoms with Gasteiger partial charge in [-0.1, -0.05) is 13.3 Å². The van der Waals surface area contributed by atoms with Crippen LogP contribution in [0.2, 0.25) is 0 Å². The van der Waals surface area contributed by atoms with Crippen molar-refractivity contribution >= 4 is 5.97 Å². The first-order valence-electron chi connectivity index (χ1n) is 8.17. The first-order valence-corrected chi connectivity index (χ1v) is 8.17. The largest absolute Gasteiger partial charge is 0.463 e. The molecule has 20 heavy (non-hydrogen) atoms. The van der Waals surface area contributed by atoms with Gasteiger partial charge < -0.3 is 9.47 Å². The highest BCUT2D eigenvalue weighted by Crippen LogP contribution is 2.58. The lowest BCUT2D eigenvalue weighted by Gasteiger charge is -2.48. The smallest absolute Gasteiger partial charge is 0.302 e. The zero-order chi connectivity index (χ0) is 14.5. The van der Waals surface area contributed by atoms with E-state index in [2.05, 4.69) is 20.8 Å². The molecule has 2 aliphatic carbocycles. The summed E-state index contributed by atoms with van der Waals surface area (Å²) in [4.78, 5) is 11.2. The summed E-state index contributed by atoms with van der Waals surface area (Å²) < 4.78 is 11.9. The van der Waals surface area contributed by atoms with Crippen LogP contribution in [-0.2, 0) is 14.3 Å². The lowest BCUT2D eigenvalue weighted by Crippen LogP contribution is -2.53. The number of ether oxygens (including phenoxy) is 2. The predicted molar refractivity (Wildman–Crippen MR) is 77.2 cm³/mol. The van der Waals surface area contributed by atoms with Gasteiger partial charge in [-0.05, 0) is 63.2 Å². The van der Waals surface area contributed by atoms with Crippen molar-refractivity contribution in [2.75, 3.05) is 6.61 Å². The highest BCUT2D eigenvalue weighted by atomic mass is 16.6. The highest BCUT2D eigenvalue weighted by Gasteiger charge is 2.58. The molecule has 114 valence electrons. The summed E-state index contributed by atoms with van der Waals surface area (Å²) in [6.45, 7) is 8.76. The summed E-state index contributed by atoms with van der Waals surface area (Å²) in [5, 5.41) is 0. The molecule has 0 aromatic carbocycles. The van der Waals surface area contributed by atoms with E-state index in [1.54, 1.807) is 0 Å². The van der Waals surface area contributed by atoms with E-state index in [1.165, 1.54) is 39.0 Å². The average Bonchev–Trinajstić information content (AvgIpc) is 2.61. The summed E-state index contributed by atoms with van der Waals surface area (Å²) in [5.74, 6) is 2.65. The second-order valence-electron chi connectivity index (χ2n) is 7.80. The summed E-state index contributed by atoms with van der Waals surface area (Å²) in [7, 11) is 0. The van der Waals surface area contributed by atoms with Gasteiger partial charge in [-0.15, -0.1) is 0 Å². The Balaban J connectivity index is 1.86. The van der Waals surface area contributed by atoms with Gasteiger partial charge in [0.05, 0.1) is 5.60 Å². The molecule has 0 radical (unpaired) electrons. The Morgan fingerprint density at radius 3 is 2.75 bits per heavy atom. The molecule has 4 aliphatic rings. The molecule has 2 aliphatic heterocycles. The third-order valence-electron chi connectivity index (χ3n) is 6.40. The molecule has 0 unspecified atom stereocenters. The Morgan fingerprint density at radius 2 is 2.05 bits per heavy atom. The fourth-order valence-electron chi connectivity index (χ4n) is 5.20. The van der Waals surface area contributed by atoms with Gasteiger partial charge in [0.2, 0.25) is 0 Å². The maximum atomic E-state index is 11.2. The number of hydrogen-bond acceptors (Lipinski definition) is 3. The van der Waals surface area contributed by atoms with E-state index in [0.717, 1.165) is 11.8 Å². The van der Waals surface area contributed by atoms with Crippen molar-refractivity contribution in [1.29, 1.82) is 0 Å². The van der Waals surface area contributed by atoms with Gasteiger partial charge in [-0.25, -0.2) is 0 Å². The van der Waals surface area contributed by atoms with E-state index in [9.17, 15) is 4.79 Å². The van der Waals surface area contributed by atoms with E-state index < -0.39 is 0 Å². The first-order chi connectivity index (χ1) is 9.34. The van der Waals surface area contributed by atoms with Crippen molar-refractivity contribution in [3.05, 3.63) is 0 Å². The van der Waals surface area contributed by atoms with Gasteiger partial charge in [0.15, 0.2) is 0 Å². The fourth-order valence-corrected chi connectivity index (χ4v) is 5.20. The van der Waals surface area contributed by atoms with E-state index in [0.29, 0.717) is 18.4 Å². The van der Waals surface area contributed by atoms with Crippen molar-refractivity contribution in [1.82, 2.24) is 0 Å². The van der Waals surface area contributed by atoms with Crippen LogP contribution >= 0.6 is 0 Å². The van der Waals surface area contributed by atoms with Crippen LogP contribution in [0.3, 0.4) is 0 Å². The van der Waals surface area contributed by atoms with Crippen molar-refractivity contribution < 1.29 is 14.3 Å². The number of carbonyl (C=O) groups is 1. The molecule has 2 bridgehead atoms. The molecule has 6 atom stereocenters. The fraction of sp³-hybridized carbons (Fsp3) is 0.941. The Bertz CT molecular complexity index is 407. The van der Waals surface area contributed by atoms with Gasteiger partial charge in [0.25, 0.3) is 0 Å². The van der Waals surface area contributed by atoms with Gasteiger partial charge >= 0.3 is 5.97 Å². The lowest BCUT2D eigenvalue weighted by atomic mass is 9.78. The van der Waals surface area contributed by atoms with Crippen LogP contribution < -0.4 is 0 Å². The van der Waals surface area contributed by atoms with Gasteiger partial charge in [0.1, 0.15) is 12.2 Å². The SMILES string of the molecule is CC(=O)OC[C@@]1(C)O[C@@]2(C)CC[C@@H]1C[C@@H]1[C@H](C)CC[C@H]12. The second kappa shape index (κ2) is 4.72. The van der Waals surface area contributed by atoms with Crippen LogP contribution in [0.25, 0.3) is 0 Å². The zero-order valence-electron chi connectivity index (χ0n) is 13.3. The third-order valence-corrected chi connectivity index (χ3v) is 6.40. The van der Waals surface area contributed by atoms with Crippen LogP contribution in [0.1, 0.15) is 59.8 Å². The first kappa shape index (κ1) is 14.4. The maximum absolute atomic E-state index is 11.2. The van der Waals surface area contributed by atoms with Crippen LogP contribution in [0, 0.1) is 23.7 Å². The van der Waals surface area contributed by atoms with Crippen LogP contribution in [0.4, 0.5) is 0 Å². The minimum absolute atomic E-state index is 0.0165. The molecule has 2 heterocycles. The van der Waals surface area contributed by atoms with Crippen molar-refractivity contribution in [2.24, 2.45) is 23.7 Å². The van der Waals surface area contributed by atoms with E-state index >= 15 is 0 Å². The summed E-state index contributed by atoms with van der Waals surface area (Å²) in [6.07, 6.45) is 6.29. The van der Waals surface area contributed by atoms with Crippen molar-refractivity contribution in [3.8, 4) is 0 Å². The summed E-state index contributed by atoms with van der Waals surface area (Å²) in [6, 6.07) is 0. The Kier molecular flexibility index (Phi) is 3.39. The topological polar surface area (TPSA) is 35.5 Å². The molecular formula is C17H28O3. The molecule has 4 rings (SSSR count). The third kappa shape index (κ3) is 2.18. The number of esters is 1. The molecule has 0 aromatic rings. The van der Waals surface area contributed by atoms with Crippen molar-refractivity contribution in [2.45, 2.75) is 71.0 Å². The number of carbonyl (C=O) groups excluding carboxylic acids is 1. The number of hydrogen-bond donors (Lipinski definition) is 0. The summed E-state index contributed by atoms with van der Waals surface area (Å²) in [5.41, 5.74) is -0.306. The molecule has 2 saturated heterocycles. The summed E-state index contributed by atoms with van der Waals surface area (Å²) >= 11 is 0. The molecule has 3 nitrogen and oxygen atoms in total. The van der Waals surface area contributed by atoms with Crippen molar-refractivity contribution in [3.63, 3.8) is 0 Å². The Morgan fingerprint density at radius 1 is 1.30 bits per heavy atom. The van der Waals surface area contributed by atoms with Gasteiger partial charge in [-0.2, -0.15) is 0 Å². The van der Waals surface area contributed by atoms with Crippen LogP contribution in [-0.4, -0.2) is 23.8 Å². The zero-order valence-corrected chi connectivity index (χ0v) is 13.3.